The molecule has 1 aliphatic heterocycles. The smallest absolute Gasteiger partial charge is 0.218 e. The van der Waals surface area contributed by atoms with E-state index >= 15 is 0 Å². The maximum atomic E-state index is 12.5. The van der Waals surface area contributed by atoms with Crippen molar-refractivity contribution in [3.63, 3.8) is 0 Å². The molecule has 1 aromatic carbocycles. The Morgan fingerprint density at radius 2 is 2.00 bits per heavy atom. The van der Waals surface area contributed by atoms with E-state index in [1.165, 1.54) is 11.2 Å². The van der Waals surface area contributed by atoms with Crippen LogP contribution in [0.25, 0.3) is 0 Å². The largest absolute Gasteiger partial charge is 0.298 e. The lowest BCUT2D eigenvalue weighted by Gasteiger charge is -2.33. The molecule has 0 aliphatic carbocycles. The van der Waals surface area contributed by atoms with Gasteiger partial charge in [-0.15, -0.1) is 0 Å². The third-order valence-electron chi connectivity index (χ3n) is 3.71. The van der Waals surface area contributed by atoms with E-state index in [1.54, 1.807) is 24.3 Å². The maximum absolute atomic E-state index is 12.5. The van der Waals surface area contributed by atoms with Crippen molar-refractivity contribution in [1.29, 1.82) is 5.26 Å². The van der Waals surface area contributed by atoms with Crippen LogP contribution in [0.5, 0.6) is 0 Å². The topological polar surface area (TPSA) is 78.2 Å². The number of rotatable bonds is 4. The number of nitriles is 1. The van der Waals surface area contributed by atoms with Crippen LogP contribution >= 0.6 is 0 Å². The Kier molecular flexibility index (Phi) is 4.76. The first-order valence-electron chi connectivity index (χ1n) is 6.93. The number of carbonyl (C=O) groups excluding carboxylic acids is 1. The number of hydrogen-bond acceptors (Lipinski definition) is 4. The lowest BCUT2D eigenvalue weighted by Crippen LogP contribution is -2.47. The molecule has 1 atom stereocenters. The third-order valence-corrected chi connectivity index (χ3v) is 5.56. The van der Waals surface area contributed by atoms with Crippen molar-refractivity contribution in [3.05, 3.63) is 35.4 Å². The Hall–Kier alpha value is -1.71. The van der Waals surface area contributed by atoms with Gasteiger partial charge in [0.15, 0.2) is 0 Å². The van der Waals surface area contributed by atoms with Gasteiger partial charge in [0.2, 0.25) is 10.0 Å². The summed E-state index contributed by atoms with van der Waals surface area (Å²) in [6.45, 7) is 1.85. The summed E-state index contributed by atoms with van der Waals surface area (Å²) in [7, 11) is -3.52. The SMILES string of the molecule is CC(=O)C1CCCCN1S(=O)(=O)Cc1ccc(C#N)cc1. The van der Waals surface area contributed by atoms with Crippen LogP contribution in [-0.2, 0) is 20.6 Å². The van der Waals surface area contributed by atoms with Crippen molar-refractivity contribution in [2.24, 2.45) is 0 Å². The van der Waals surface area contributed by atoms with E-state index in [1.807, 2.05) is 6.07 Å². The zero-order valence-electron chi connectivity index (χ0n) is 11.9. The van der Waals surface area contributed by atoms with Crippen LogP contribution in [0.1, 0.15) is 37.3 Å². The van der Waals surface area contributed by atoms with Gasteiger partial charge in [-0.3, -0.25) is 4.79 Å². The number of ketones is 1. The molecule has 1 aromatic rings. The van der Waals surface area contributed by atoms with E-state index in [9.17, 15) is 13.2 Å². The summed E-state index contributed by atoms with van der Waals surface area (Å²) in [6.07, 6.45) is 2.27. The lowest BCUT2D eigenvalue weighted by molar-refractivity contribution is -0.121. The fourth-order valence-corrected chi connectivity index (χ4v) is 4.44. The standard InChI is InChI=1S/C15H18N2O3S/c1-12(18)15-4-2-3-9-17(15)21(19,20)11-14-7-5-13(10-16)6-8-14/h5-8,15H,2-4,9,11H2,1H3. The molecule has 0 aromatic heterocycles. The summed E-state index contributed by atoms with van der Waals surface area (Å²) in [5.41, 5.74) is 1.12. The van der Waals surface area contributed by atoms with Gasteiger partial charge in [-0.05, 0) is 37.5 Å². The molecule has 0 saturated carbocycles. The second kappa shape index (κ2) is 6.37. The second-order valence-electron chi connectivity index (χ2n) is 5.30. The van der Waals surface area contributed by atoms with Crippen LogP contribution < -0.4 is 0 Å². The second-order valence-corrected chi connectivity index (χ2v) is 7.22. The highest BCUT2D eigenvalue weighted by Crippen LogP contribution is 2.23. The first-order valence-corrected chi connectivity index (χ1v) is 8.54. The van der Waals surface area contributed by atoms with Gasteiger partial charge in [0, 0.05) is 6.54 Å². The van der Waals surface area contributed by atoms with Crippen molar-refractivity contribution < 1.29 is 13.2 Å². The van der Waals surface area contributed by atoms with Gasteiger partial charge in [-0.25, -0.2) is 8.42 Å². The van der Waals surface area contributed by atoms with Gasteiger partial charge >= 0.3 is 0 Å². The van der Waals surface area contributed by atoms with Gasteiger partial charge < -0.3 is 0 Å². The van der Waals surface area contributed by atoms with Gasteiger partial charge in [0.1, 0.15) is 5.78 Å². The monoisotopic (exact) mass is 306 g/mol. The van der Waals surface area contributed by atoms with Crippen LogP contribution in [0.2, 0.25) is 0 Å². The van der Waals surface area contributed by atoms with E-state index in [0.29, 0.717) is 24.1 Å². The number of Topliss-reactive ketones (excluding diaryl/α,β-unsaturated/α-hetero) is 1. The molecule has 0 amide bonds. The molecule has 0 spiro atoms. The summed E-state index contributed by atoms with van der Waals surface area (Å²) < 4.78 is 26.4. The first-order chi connectivity index (χ1) is 9.94. The van der Waals surface area contributed by atoms with E-state index in [4.69, 9.17) is 5.26 Å². The fourth-order valence-electron chi connectivity index (χ4n) is 2.61. The minimum atomic E-state index is -3.52. The molecular formula is C15H18N2O3S. The summed E-state index contributed by atoms with van der Waals surface area (Å²) in [4.78, 5) is 11.6. The molecule has 5 nitrogen and oxygen atoms in total. The van der Waals surface area contributed by atoms with Gasteiger partial charge in [-0.2, -0.15) is 9.57 Å². The minimum Gasteiger partial charge on any atom is -0.298 e. The molecule has 1 saturated heterocycles. The first kappa shape index (κ1) is 15.7. The number of sulfonamides is 1. The van der Waals surface area contributed by atoms with Crippen molar-refractivity contribution in [2.45, 2.75) is 38.0 Å². The van der Waals surface area contributed by atoms with Crippen molar-refractivity contribution in [2.75, 3.05) is 6.54 Å². The number of benzene rings is 1. The number of nitrogens with zero attached hydrogens (tertiary/aromatic N) is 2. The Morgan fingerprint density at radius 1 is 1.33 bits per heavy atom. The average Bonchev–Trinajstić information content (AvgIpc) is 2.47. The number of piperidine rings is 1. The van der Waals surface area contributed by atoms with Gasteiger partial charge in [-0.1, -0.05) is 18.6 Å². The average molecular weight is 306 g/mol. The molecule has 0 radical (unpaired) electrons. The number of carbonyl (C=O) groups is 1. The Balaban J connectivity index is 2.20. The van der Waals surface area contributed by atoms with Crippen LogP contribution in [0.4, 0.5) is 0 Å². The molecular weight excluding hydrogens is 288 g/mol. The van der Waals surface area contributed by atoms with Crippen molar-refractivity contribution in [3.8, 4) is 6.07 Å². The molecule has 1 fully saturated rings. The minimum absolute atomic E-state index is 0.0990. The Labute approximate surface area is 125 Å². The van der Waals surface area contributed by atoms with Crippen molar-refractivity contribution >= 4 is 15.8 Å². The molecule has 21 heavy (non-hydrogen) atoms. The maximum Gasteiger partial charge on any atom is 0.218 e. The molecule has 1 aliphatic rings. The highest BCUT2D eigenvalue weighted by atomic mass is 32.2. The highest BCUT2D eigenvalue weighted by molar-refractivity contribution is 7.88. The summed E-state index contributed by atoms with van der Waals surface area (Å²) in [5, 5.41) is 8.75. The predicted molar refractivity (Wildman–Crippen MR) is 78.8 cm³/mol. The highest BCUT2D eigenvalue weighted by Gasteiger charge is 2.34. The third kappa shape index (κ3) is 3.69. The van der Waals surface area contributed by atoms with Crippen molar-refractivity contribution in [1.82, 2.24) is 4.31 Å². The van der Waals surface area contributed by atoms with Crippen LogP contribution in [-0.4, -0.2) is 31.1 Å². The Bertz CT molecular complexity index is 659. The number of hydrogen-bond donors (Lipinski definition) is 0. The molecule has 0 bridgehead atoms. The van der Waals surface area contributed by atoms with E-state index in [2.05, 4.69) is 0 Å². The quantitative estimate of drug-likeness (QED) is 0.850. The molecule has 0 N–H and O–H groups in total. The molecule has 1 heterocycles. The normalized spacial score (nSPS) is 19.9. The lowest BCUT2D eigenvalue weighted by atomic mass is 10.0. The fraction of sp³-hybridized carbons (Fsp3) is 0.467. The van der Waals surface area contributed by atoms with Crippen LogP contribution in [0.3, 0.4) is 0 Å². The van der Waals surface area contributed by atoms with E-state index < -0.39 is 16.1 Å². The Morgan fingerprint density at radius 3 is 2.57 bits per heavy atom. The van der Waals surface area contributed by atoms with E-state index in [0.717, 1.165) is 12.8 Å². The molecule has 2 rings (SSSR count). The zero-order valence-corrected chi connectivity index (χ0v) is 12.8. The molecule has 1 unspecified atom stereocenters. The summed E-state index contributed by atoms with van der Waals surface area (Å²) in [5.74, 6) is -0.235. The summed E-state index contributed by atoms with van der Waals surface area (Å²) >= 11 is 0. The van der Waals surface area contributed by atoms with Crippen LogP contribution in [0.15, 0.2) is 24.3 Å². The molecule has 112 valence electrons. The van der Waals surface area contributed by atoms with Crippen LogP contribution in [0, 0.1) is 11.3 Å². The molecule has 6 heteroatoms. The van der Waals surface area contributed by atoms with Gasteiger partial charge in [0.25, 0.3) is 0 Å². The zero-order chi connectivity index (χ0) is 15.5. The van der Waals surface area contributed by atoms with Gasteiger partial charge in [0.05, 0.1) is 23.4 Å². The van der Waals surface area contributed by atoms with E-state index in [-0.39, 0.29) is 11.5 Å². The predicted octanol–water partition coefficient (Wildman–Crippen LogP) is 1.83. The summed E-state index contributed by atoms with van der Waals surface area (Å²) in [6, 6.07) is 7.96.